The van der Waals surface area contributed by atoms with Crippen LogP contribution in [0.2, 0.25) is 0 Å². The van der Waals surface area contributed by atoms with Gasteiger partial charge >= 0.3 is 126 Å². The fourth-order valence-electron chi connectivity index (χ4n) is 4.06. The summed E-state index contributed by atoms with van der Waals surface area (Å²) < 4.78 is 55.1. The average molecular weight is 461 g/mol. The van der Waals surface area contributed by atoms with Crippen LogP contribution in [0.25, 0.3) is 22.3 Å². The zero-order valence-electron chi connectivity index (χ0n) is 18.9. The number of hydrogen-bond donors (Lipinski definition) is 0. The Hall–Kier alpha value is -2.96. The molecule has 0 N–H and O–H groups in total. The van der Waals surface area contributed by atoms with E-state index in [1.165, 1.54) is 18.2 Å². The zero-order chi connectivity index (χ0) is 24.1. The van der Waals surface area contributed by atoms with Gasteiger partial charge in [-0.2, -0.15) is 0 Å². The van der Waals surface area contributed by atoms with Crippen molar-refractivity contribution in [3.63, 3.8) is 0 Å². The van der Waals surface area contributed by atoms with Gasteiger partial charge < -0.3 is 9.47 Å². The van der Waals surface area contributed by atoms with E-state index in [9.17, 15) is 13.2 Å². The molecule has 1 saturated heterocycles. The summed E-state index contributed by atoms with van der Waals surface area (Å²) in [4.78, 5) is 0. The molecule has 0 saturated carbocycles. The molecule has 34 heavy (non-hydrogen) atoms. The maximum atomic E-state index is 15.0. The van der Waals surface area contributed by atoms with Gasteiger partial charge in [0.15, 0.2) is 6.29 Å². The molecule has 0 aliphatic carbocycles. The first-order valence-corrected chi connectivity index (χ1v) is 11.3. The monoisotopic (exact) mass is 461 g/mol. The molecule has 1 fully saturated rings. The molecule has 1 heterocycles. The molecule has 1 aliphatic heterocycles. The van der Waals surface area contributed by atoms with Crippen LogP contribution in [-0.4, -0.2) is 26.7 Å². The molecule has 0 bridgehead atoms. The van der Waals surface area contributed by atoms with Crippen molar-refractivity contribution in [1.82, 2.24) is 0 Å². The first-order chi connectivity index (χ1) is 16.5. The van der Waals surface area contributed by atoms with Gasteiger partial charge in [-0.05, 0) is 19.8 Å². The van der Waals surface area contributed by atoms with E-state index < -0.39 is 23.7 Å². The maximum absolute atomic E-state index is 15.0. The van der Waals surface area contributed by atoms with E-state index in [0.717, 1.165) is 18.8 Å². The minimum atomic E-state index is -0.998. The fraction of sp³-hybridized carbons (Fsp3) is 0.250. The van der Waals surface area contributed by atoms with Crippen LogP contribution in [0.5, 0.6) is 0 Å². The number of benzene rings is 3. The minimum absolute atomic E-state index is 0.00451. The predicted molar refractivity (Wildman–Crippen MR) is 130 cm³/mol. The molecule has 0 spiro atoms. The van der Waals surface area contributed by atoms with Gasteiger partial charge in [0.25, 0.3) is 0 Å². The number of allylic oxidation sites excluding steroid dienone is 2. The number of hydrogen-bond acceptors (Lipinski definition) is 2. The Kier molecular flexibility index (Phi) is 7.81. The Bertz CT molecular complexity index is 1180. The Morgan fingerprint density at radius 2 is 1.53 bits per heavy atom. The molecule has 173 valence electrons. The van der Waals surface area contributed by atoms with Gasteiger partial charge in [-0.1, -0.05) is 12.2 Å². The van der Waals surface area contributed by atoms with Crippen LogP contribution in [0.1, 0.15) is 37.2 Å². The van der Waals surface area contributed by atoms with Crippen molar-refractivity contribution in [2.45, 2.75) is 26.1 Å². The zero-order valence-corrected chi connectivity index (χ0v) is 18.9. The molecule has 0 amide bonds. The van der Waals surface area contributed by atoms with Gasteiger partial charge in [-0.15, -0.1) is 0 Å². The molecular formula is C28H25BF3O2. The van der Waals surface area contributed by atoms with Crippen LogP contribution in [0.3, 0.4) is 0 Å². The SMILES string of the molecule is [B]=Cc1ccc(-c2ccc(-c3ccc(C4OCC(CC/C=C/C)CO4)cc3F)cc2)c(F)c1F. The molecule has 0 atom stereocenters. The molecule has 1 radical (unpaired) electrons. The molecule has 3 aromatic carbocycles. The molecule has 6 heteroatoms. The summed E-state index contributed by atoms with van der Waals surface area (Å²) in [5, 5.41) is 0. The van der Waals surface area contributed by atoms with E-state index >= 15 is 0 Å². The molecule has 2 nitrogen and oxygen atoms in total. The van der Waals surface area contributed by atoms with Crippen molar-refractivity contribution >= 4 is 13.5 Å². The molecule has 1 aliphatic rings. The Balaban J connectivity index is 1.47. The van der Waals surface area contributed by atoms with Crippen molar-refractivity contribution in [3.05, 3.63) is 95.3 Å². The van der Waals surface area contributed by atoms with Gasteiger partial charge in [-0.3, -0.25) is 0 Å². The van der Waals surface area contributed by atoms with Crippen molar-refractivity contribution in [2.24, 2.45) is 5.92 Å². The summed E-state index contributed by atoms with van der Waals surface area (Å²) in [5.41, 5.74) is 2.23. The van der Waals surface area contributed by atoms with E-state index in [4.69, 9.17) is 17.0 Å². The third-order valence-electron chi connectivity index (χ3n) is 6.01. The Labute approximate surface area is 199 Å². The summed E-state index contributed by atoms with van der Waals surface area (Å²) in [6, 6.07) is 14.4. The quantitative estimate of drug-likeness (QED) is 0.286. The van der Waals surface area contributed by atoms with Crippen molar-refractivity contribution in [3.8, 4) is 22.3 Å². The first-order valence-electron chi connectivity index (χ1n) is 11.3. The molecule has 3 aromatic rings. The van der Waals surface area contributed by atoms with E-state index in [2.05, 4.69) is 6.08 Å². The first kappa shape index (κ1) is 24.2. The van der Waals surface area contributed by atoms with Gasteiger partial charge in [0.1, 0.15) is 0 Å². The van der Waals surface area contributed by atoms with Crippen LogP contribution in [0, 0.1) is 23.4 Å². The van der Waals surface area contributed by atoms with Gasteiger partial charge in [0, 0.05) is 11.5 Å². The van der Waals surface area contributed by atoms with Crippen LogP contribution in [0.4, 0.5) is 13.2 Å². The van der Waals surface area contributed by atoms with E-state index in [1.807, 2.05) is 13.0 Å². The number of rotatable bonds is 7. The Morgan fingerprint density at radius 1 is 0.882 bits per heavy atom. The van der Waals surface area contributed by atoms with Crippen molar-refractivity contribution < 1.29 is 22.6 Å². The number of halogens is 3. The van der Waals surface area contributed by atoms with E-state index in [0.29, 0.717) is 41.4 Å². The van der Waals surface area contributed by atoms with Crippen molar-refractivity contribution in [2.75, 3.05) is 13.2 Å². The topological polar surface area (TPSA) is 18.5 Å². The van der Waals surface area contributed by atoms with E-state index in [-0.39, 0.29) is 11.1 Å². The summed E-state index contributed by atoms with van der Waals surface area (Å²) >= 11 is 0. The van der Waals surface area contributed by atoms with Crippen LogP contribution >= 0.6 is 0 Å². The average Bonchev–Trinajstić information content (AvgIpc) is 2.86. The summed E-state index contributed by atoms with van der Waals surface area (Å²) in [5.74, 6) is -1.03. The van der Waals surface area contributed by atoms with Gasteiger partial charge in [-0.25, -0.2) is 0 Å². The summed E-state index contributed by atoms with van der Waals surface area (Å²) in [6.45, 7) is 3.15. The second kappa shape index (κ2) is 11.0. The summed E-state index contributed by atoms with van der Waals surface area (Å²) in [7, 11) is 5.31. The van der Waals surface area contributed by atoms with Crippen LogP contribution < -0.4 is 0 Å². The second-order valence-corrected chi connectivity index (χ2v) is 8.32. The normalized spacial score (nSPS) is 18.3. The van der Waals surface area contributed by atoms with Gasteiger partial charge in [0.2, 0.25) is 0 Å². The molecular weight excluding hydrogens is 436 g/mol. The molecule has 4 rings (SSSR count). The third kappa shape index (κ3) is 5.24. The van der Waals surface area contributed by atoms with Crippen LogP contribution in [0.15, 0.2) is 66.7 Å². The van der Waals surface area contributed by atoms with Gasteiger partial charge in [0.05, 0.1) is 13.2 Å². The van der Waals surface area contributed by atoms with E-state index in [1.54, 1.807) is 36.4 Å². The summed E-state index contributed by atoms with van der Waals surface area (Å²) in [6.07, 6.45) is 5.54. The third-order valence-corrected chi connectivity index (χ3v) is 6.01. The number of ether oxygens (including phenoxy) is 2. The second-order valence-electron chi connectivity index (χ2n) is 8.32. The molecule has 0 unspecified atom stereocenters. The fourth-order valence-corrected chi connectivity index (χ4v) is 4.06. The Morgan fingerprint density at radius 3 is 2.15 bits per heavy atom. The molecule has 0 aromatic heterocycles. The standard InChI is InChI=1S/C28H25BF3O2/c1-2-3-4-5-18-16-33-28(34-17-18)21-10-12-23(25(30)14-21)19-6-8-20(9-7-19)24-13-11-22(15-29)26(31)27(24)32/h2-3,6-15,18,28H,4-5,16-17H2,1H3/b3-2+. The predicted octanol–water partition coefficient (Wildman–Crippen LogP) is 6.77. The van der Waals surface area contributed by atoms with Crippen LogP contribution in [-0.2, 0) is 9.47 Å². The van der Waals surface area contributed by atoms with Crippen molar-refractivity contribution in [1.29, 1.82) is 0 Å².